The molecule has 0 aliphatic carbocycles. The second kappa shape index (κ2) is 12.5. The number of aliphatic imine (C=N–C) groups is 1. The number of aliphatic hydroxyl groups is 1. The van der Waals surface area contributed by atoms with Crippen molar-refractivity contribution >= 4 is 52.9 Å². The number of hydrogen-bond acceptors (Lipinski definition) is 6. The summed E-state index contributed by atoms with van der Waals surface area (Å²) in [6.07, 6.45) is 0.194. The van der Waals surface area contributed by atoms with E-state index in [-0.39, 0.29) is 24.0 Å². The zero-order valence-corrected chi connectivity index (χ0v) is 19.5. The van der Waals surface area contributed by atoms with Crippen molar-refractivity contribution < 1.29 is 9.84 Å². The molecule has 0 amide bonds. The van der Waals surface area contributed by atoms with Crippen LogP contribution in [0.5, 0.6) is 0 Å². The molecular formula is C16H26ClIN6O2S. The standard InChI is InChI=1S/C16H25ClN6O2S.HI/c1-11-21-22-15(23(11)2)10-20-16(18-7-4-8-25-3)19-9-12(24)13-5-6-14(17)26-13;/h5-6,12,24H,4,7-10H2,1-3H3,(H2,18,19,20);1H. The van der Waals surface area contributed by atoms with Gasteiger partial charge in [0, 0.05) is 38.7 Å². The third-order valence-electron chi connectivity index (χ3n) is 3.76. The summed E-state index contributed by atoms with van der Waals surface area (Å²) >= 11 is 7.29. The summed E-state index contributed by atoms with van der Waals surface area (Å²) in [4.78, 5) is 5.34. The summed E-state index contributed by atoms with van der Waals surface area (Å²) in [6.45, 7) is 3.98. The van der Waals surface area contributed by atoms with Crippen molar-refractivity contribution in [3.63, 3.8) is 0 Å². The van der Waals surface area contributed by atoms with Crippen LogP contribution in [0.25, 0.3) is 0 Å². The molecule has 0 bridgehead atoms. The van der Waals surface area contributed by atoms with E-state index in [1.165, 1.54) is 11.3 Å². The van der Waals surface area contributed by atoms with Crippen LogP contribution < -0.4 is 10.6 Å². The number of nitrogens with zero attached hydrogens (tertiary/aromatic N) is 4. The molecule has 0 aromatic carbocycles. The lowest BCUT2D eigenvalue weighted by atomic mass is 10.3. The number of guanidine groups is 1. The van der Waals surface area contributed by atoms with E-state index in [4.69, 9.17) is 16.3 Å². The lowest BCUT2D eigenvalue weighted by Gasteiger charge is -2.15. The second-order valence-electron chi connectivity index (χ2n) is 5.70. The topological polar surface area (TPSA) is 96.6 Å². The van der Waals surface area contributed by atoms with Crippen LogP contribution >= 0.6 is 46.9 Å². The number of methoxy groups -OCH3 is 1. The third kappa shape index (κ3) is 7.90. The van der Waals surface area contributed by atoms with Crippen molar-refractivity contribution in [2.24, 2.45) is 12.0 Å². The fourth-order valence-electron chi connectivity index (χ4n) is 2.14. The third-order valence-corrected chi connectivity index (χ3v) is 5.10. The summed E-state index contributed by atoms with van der Waals surface area (Å²) in [5.41, 5.74) is 0. The molecule has 1 unspecified atom stereocenters. The zero-order chi connectivity index (χ0) is 18.9. The Balaban J connectivity index is 0.00000364. The van der Waals surface area contributed by atoms with Gasteiger partial charge in [-0.1, -0.05) is 11.6 Å². The Hall–Kier alpha value is -0.950. The van der Waals surface area contributed by atoms with E-state index in [1.807, 2.05) is 24.6 Å². The van der Waals surface area contributed by atoms with Crippen LogP contribution in [-0.4, -0.2) is 52.6 Å². The highest BCUT2D eigenvalue weighted by Crippen LogP contribution is 2.26. The number of nitrogens with one attached hydrogen (secondary N) is 2. The first kappa shape index (κ1) is 24.1. The number of aromatic nitrogens is 3. The van der Waals surface area contributed by atoms with Crippen LogP contribution in [0.4, 0.5) is 0 Å². The van der Waals surface area contributed by atoms with Gasteiger partial charge in [0.2, 0.25) is 0 Å². The van der Waals surface area contributed by atoms with E-state index in [0.717, 1.165) is 22.9 Å². The van der Waals surface area contributed by atoms with Gasteiger partial charge in [0.15, 0.2) is 11.8 Å². The predicted molar refractivity (Wildman–Crippen MR) is 119 cm³/mol. The summed E-state index contributed by atoms with van der Waals surface area (Å²) in [5.74, 6) is 2.21. The molecule has 3 N–H and O–H groups in total. The first-order valence-electron chi connectivity index (χ1n) is 8.30. The van der Waals surface area contributed by atoms with Crippen molar-refractivity contribution in [1.29, 1.82) is 0 Å². The van der Waals surface area contributed by atoms with Gasteiger partial charge in [0.05, 0.1) is 4.34 Å². The Bertz CT molecular complexity index is 724. The minimum Gasteiger partial charge on any atom is -0.386 e. The number of thiophene rings is 1. The SMILES string of the molecule is COCCCNC(=NCc1nnc(C)n1C)NCC(O)c1ccc(Cl)s1.I. The molecule has 0 aliphatic rings. The molecule has 0 radical (unpaired) electrons. The predicted octanol–water partition coefficient (Wildman–Crippen LogP) is 2.26. The van der Waals surface area contributed by atoms with Crippen LogP contribution in [0.1, 0.15) is 29.1 Å². The Morgan fingerprint density at radius 3 is 2.78 bits per heavy atom. The normalized spacial score (nSPS) is 12.6. The van der Waals surface area contributed by atoms with E-state index >= 15 is 0 Å². The van der Waals surface area contributed by atoms with Gasteiger partial charge in [-0.25, -0.2) is 4.99 Å². The highest BCUT2D eigenvalue weighted by atomic mass is 127. The highest BCUT2D eigenvalue weighted by Gasteiger charge is 2.11. The lowest BCUT2D eigenvalue weighted by Crippen LogP contribution is -2.40. The van der Waals surface area contributed by atoms with Crippen molar-refractivity contribution in [1.82, 2.24) is 25.4 Å². The highest BCUT2D eigenvalue weighted by molar-refractivity contribution is 14.0. The van der Waals surface area contributed by atoms with Crippen LogP contribution in [0.2, 0.25) is 4.34 Å². The minimum absolute atomic E-state index is 0. The van der Waals surface area contributed by atoms with Crippen molar-refractivity contribution in [3.8, 4) is 0 Å². The molecule has 2 aromatic heterocycles. The number of ether oxygens (including phenoxy) is 1. The van der Waals surface area contributed by atoms with Gasteiger partial charge >= 0.3 is 0 Å². The van der Waals surface area contributed by atoms with Gasteiger partial charge in [0.25, 0.3) is 0 Å². The zero-order valence-electron chi connectivity index (χ0n) is 15.6. The first-order valence-corrected chi connectivity index (χ1v) is 9.50. The van der Waals surface area contributed by atoms with Crippen LogP contribution in [0.3, 0.4) is 0 Å². The molecule has 2 rings (SSSR count). The smallest absolute Gasteiger partial charge is 0.191 e. The Labute approximate surface area is 185 Å². The van der Waals surface area contributed by atoms with E-state index in [9.17, 15) is 5.11 Å². The molecule has 0 saturated heterocycles. The van der Waals surface area contributed by atoms with Gasteiger partial charge in [-0.2, -0.15) is 0 Å². The number of aliphatic hydroxyl groups excluding tert-OH is 1. The van der Waals surface area contributed by atoms with Crippen LogP contribution in [-0.2, 0) is 18.3 Å². The summed E-state index contributed by atoms with van der Waals surface area (Å²) < 4.78 is 7.61. The summed E-state index contributed by atoms with van der Waals surface area (Å²) in [5, 5.41) is 24.8. The first-order chi connectivity index (χ1) is 12.5. The largest absolute Gasteiger partial charge is 0.386 e. The number of rotatable bonds is 9. The molecule has 0 spiro atoms. The van der Waals surface area contributed by atoms with E-state index in [2.05, 4.69) is 25.8 Å². The molecule has 2 heterocycles. The molecule has 1 atom stereocenters. The van der Waals surface area contributed by atoms with Crippen molar-refractivity contribution in [2.75, 3.05) is 26.8 Å². The molecule has 0 fully saturated rings. The summed E-state index contributed by atoms with van der Waals surface area (Å²) in [7, 11) is 3.58. The van der Waals surface area contributed by atoms with Gasteiger partial charge < -0.3 is 25.0 Å². The molecule has 8 nitrogen and oxygen atoms in total. The molecular weight excluding hydrogens is 503 g/mol. The quantitative estimate of drug-likeness (QED) is 0.200. The molecule has 2 aromatic rings. The second-order valence-corrected chi connectivity index (χ2v) is 7.45. The minimum atomic E-state index is -0.657. The number of hydrogen-bond donors (Lipinski definition) is 3. The average molecular weight is 529 g/mol. The molecule has 152 valence electrons. The molecule has 27 heavy (non-hydrogen) atoms. The van der Waals surface area contributed by atoms with Crippen LogP contribution in [0, 0.1) is 6.92 Å². The van der Waals surface area contributed by atoms with Gasteiger partial charge in [-0.15, -0.1) is 45.5 Å². The maximum atomic E-state index is 10.3. The van der Waals surface area contributed by atoms with Crippen molar-refractivity contribution in [2.45, 2.75) is 26.0 Å². The summed E-state index contributed by atoms with van der Waals surface area (Å²) in [6, 6.07) is 3.60. The Kier molecular flexibility index (Phi) is 11.1. The fourth-order valence-corrected chi connectivity index (χ4v) is 3.18. The van der Waals surface area contributed by atoms with E-state index in [1.54, 1.807) is 13.2 Å². The average Bonchev–Trinajstić information content (AvgIpc) is 3.20. The molecule has 11 heteroatoms. The fraction of sp³-hybridized carbons (Fsp3) is 0.562. The molecule has 0 saturated carbocycles. The maximum absolute atomic E-state index is 10.3. The lowest BCUT2D eigenvalue weighted by molar-refractivity contribution is 0.184. The Morgan fingerprint density at radius 2 is 2.19 bits per heavy atom. The van der Waals surface area contributed by atoms with Crippen molar-refractivity contribution in [3.05, 3.63) is 33.0 Å². The molecule has 0 aliphatic heterocycles. The van der Waals surface area contributed by atoms with Gasteiger partial charge in [0.1, 0.15) is 18.5 Å². The monoisotopic (exact) mass is 528 g/mol. The maximum Gasteiger partial charge on any atom is 0.191 e. The number of aryl methyl sites for hydroxylation is 1. The van der Waals surface area contributed by atoms with Crippen LogP contribution in [0.15, 0.2) is 17.1 Å². The van der Waals surface area contributed by atoms with Gasteiger partial charge in [-0.3, -0.25) is 0 Å². The van der Waals surface area contributed by atoms with E-state index in [0.29, 0.717) is 36.5 Å². The number of halogens is 2. The van der Waals surface area contributed by atoms with Gasteiger partial charge in [-0.05, 0) is 25.5 Å². The Morgan fingerprint density at radius 1 is 1.41 bits per heavy atom. The van der Waals surface area contributed by atoms with E-state index < -0.39 is 6.10 Å².